The first-order chi connectivity index (χ1) is 10.6. The zero-order valence-corrected chi connectivity index (χ0v) is 12.6. The molecule has 1 amide bonds. The van der Waals surface area contributed by atoms with Crippen LogP contribution in [-0.2, 0) is 4.79 Å². The lowest BCUT2D eigenvalue weighted by atomic mass is 10.1. The first kappa shape index (κ1) is 14.7. The maximum absolute atomic E-state index is 13.3. The smallest absolute Gasteiger partial charge is 0.241 e. The fourth-order valence-corrected chi connectivity index (χ4v) is 2.88. The van der Waals surface area contributed by atoms with E-state index in [1.807, 2.05) is 37.4 Å². The zero-order chi connectivity index (χ0) is 15.5. The van der Waals surface area contributed by atoms with Crippen LogP contribution in [0, 0.1) is 5.82 Å². The van der Waals surface area contributed by atoms with Gasteiger partial charge in [0.2, 0.25) is 5.91 Å². The summed E-state index contributed by atoms with van der Waals surface area (Å²) in [5.74, 6) is -0.211. The highest BCUT2D eigenvalue weighted by atomic mass is 19.1. The first-order valence-corrected chi connectivity index (χ1v) is 7.50. The van der Waals surface area contributed by atoms with E-state index in [0.717, 1.165) is 36.2 Å². The van der Waals surface area contributed by atoms with Crippen molar-refractivity contribution >= 4 is 11.6 Å². The number of carbonyl (C=O) groups is 1. The van der Waals surface area contributed by atoms with Gasteiger partial charge in [0.15, 0.2) is 0 Å². The maximum atomic E-state index is 13.3. The molecule has 1 aliphatic heterocycles. The van der Waals surface area contributed by atoms with Crippen LogP contribution in [0.25, 0.3) is 11.1 Å². The van der Waals surface area contributed by atoms with Gasteiger partial charge in [0.25, 0.3) is 0 Å². The van der Waals surface area contributed by atoms with Crippen molar-refractivity contribution in [3.05, 3.63) is 54.3 Å². The summed E-state index contributed by atoms with van der Waals surface area (Å²) in [6.45, 7) is 0.969. The topological polar surface area (TPSA) is 32.3 Å². The Morgan fingerprint density at radius 3 is 2.59 bits per heavy atom. The second kappa shape index (κ2) is 6.28. The van der Waals surface area contributed by atoms with Gasteiger partial charge < -0.3 is 5.32 Å². The Morgan fingerprint density at radius 1 is 1.18 bits per heavy atom. The predicted molar refractivity (Wildman–Crippen MR) is 86.1 cm³/mol. The van der Waals surface area contributed by atoms with Crippen LogP contribution in [0.3, 0.4) is 0 Å². The predicted octanol–water partition coefficient (Wildman–Crippen LogP) is 3.53. The minimum absolute atomic E-state index is 0.0390. The summed E-state index contributed by atoms with van der Waals surface area (Å²) < 4.78 is 13.3. The van der Waals surface area contributed by atoms with E-state index in [1.54, 1.807) is 6.07 Å². The van der Waals surface area contributed by atoms with Crippen molar-refractivity contribution in [1.82, 2.24) is 4.90 Å². The third kappa shape index (κ3) is 3.17. The van der Waals surface area contributed by atoms with Gasteiger partial charge in [-0.2, -0.15) is 0 Å². The van der Waals surface area contributed by atoms with E-state index in [4.69, 9.17) is 0 Å². The molecule has 1 unspecified atom stereocenters. The standard InChI is InChI=1S/C18H19FN2O/c1-21-11-3-6-17(21)18(22)20-16-9-7-13(8-10-16)14-4-2-5-15(19)12-14/h2,4-5,7-10,12,17H,3,6,11H2,1H3,(H,20,22). The number of halogens is 1. The van der Waals surface area contributed by atoms with E-state index in [9.17, 15) is 9.18 Å². The Labute approximate surface area is 129 Å². The van der Waals surface area contributed by atoms with Gasteiger partial charge in [-0.15, -0.1) is 0 Å². The normalized spacial score (nSPS) is 18.4. The molecule has 4 heteroatoms. The zero-order valence-electron chi connectivity index (χ0n) is 12.6. The molecule has 0 radical (unpaired) electrons. The molecule has 0 aliphatic carbocycles. The SMILES string of the molecule is CN1CCCC1C(=O)Nc1ccc(-c2cccc(F)c2)cc1. The Balaban J connectivity index is 1.70. The molecule has 1 atom stereocenters. The van der Waals surface area contributed by atoms with E-state index in [1.165, 1.54) is 12.1 Å². The molecule has 1 fully saturated rings. The van der Waals surface area contributed by atoms with Crippen molar-refractivity contribution in [2.45, 2.75) is 18.9 Å². The third-order valence-electron chi connectivity index (χ3n) is 4.13. The van der Waals surface area contributed by atoms with Gasteiger partial charge in [0.05, 0.1) is 6.04 Å². The summed E-state index contributed by atoms with van der Waals surface area (Å²) in [7, 11) is 1.98. The first-order valence-electron chi connectivity index (χ1n) is 7.50. The van der Waals surface area contributed by atoms with Crippen molar-refractivity contribution in [2.75, 3.05) is 18.9 Å². The third-order valence-corrected chi connectivity index (χ3v) is 4.13. The number of amides is 1. The molecule has 0 spiro atoms. The summed E-state index contributed by atoms with van der Waals surface area (Å²) in [6.07, 6.45) is 1.97. The van der Waals surface area contributed by atoms with Crippen molar-refractivity contribution < 1.29 is 9.18 Å². The molecule has 0 bridgehead atoms. The molecule has 1 aliphatic rings. The van der Waals surface area contributed by atoms with Crippen LogP contribution in [0.1, 0.15) is 12.8 Å². The Morgan fingerprint density at radius 2 is 1.95 bits per heavy atom. The van der Waals surface area contributed by atoms with Crippen molar-refractivity contribution in [2.24, 2.45) is 0 Å². The van der Waals surface area contributed by atoms with Crippen LogP contribution in [0.15, 0.2) is 48.5 Å². The Bertz CT molecular complexity index is 669. The Hall–Kier alpha value is -2.20. The minimum atomic E-state index is -0.251. The summed E-state index contributed by atoms with van der Waals surface area (Å²) in [5.41, 5.74) is 2.52. The largest absolute Gasteiger partial charge is 0.325 e. The maximum Gasteiger partial charge on any atom is 0.241 e. The number of nitrogens with one attached hydrogen (secondary N) is 1. The van der Waals surface area contributed by atoms with Gasteiger partial charge in [-0.3, -0.25) is 9.69 Å². The molecule has 22 heavy (non-hydrogen) atoms. The Kier molecular flexibility index (Phi) is 4.20. The highest BCUT2D eigenvalue weighted by Gasteiger charge is 2.27. The number of nitrogens with zero attached hydrogens (tertiary/aromatic N) is 1. The van der Waals surface area contributed by atoms with Gasteiger partial charge in [-0.05, 0) is 61.8 Å². The van der Waals surface area contributed by atoms with Crippen molar-refractivity contribution in [3.63, 3.8) is 0 Å². The monoisotopic (exact) mass is 298 g/mol. The molecule has 2 aromatic rings. The highest BCUT2D eigenvalue weighted by molar-refractivity contribution is 5.95. The van der Waals surface area contributed by atoms with Gasteiger partial charge in [0.1, 0.15) is 5.82 Å². The fourth-order valence-electron chi connectivity index (χ4n) is 2.88. The van der Waals surface area contributed by atoms with E-state index in [2.05, 4.69) is 10.2 Å². The molecule has 114 valence electrons. The van der Waals surface area contributed by atoms with Crippen molar-refractivity contribution in [3.8, 4) is 11.1 Å². The molecule has 3 nitrogen and oxygen atoms in total. The van der Waals surface area contributed by atoms with Crippen LogP contribution in [0.2, 0.25) is 0 Å². The molecular weight excluding hydrogens is 279 g/mol. The van der Waals surface area contributed by atoms with E-state index >= 15 is 0 Å². The number of rotatable bonds is 3. The quantitative estimate of drug-likeness (QED) is 0.940. The average Bonchev–Trinajstić information content (AvgIpc) is 2.94. The number of hydrogen-bond acceptors (Lipinski definition) is 2. The number of anilines is 1. The van der Waals surface area contributed by atoms with Gasteiger partial charge in [-0.1, -0.05) is 24.3 Å². The number of carbonyl (C=O) groups excluding carboxylic acids is 1. The highest BCUT2D eigenvalue weighted by Crippen LogP contribution is 2.23. The summed E-state index contributed by atoms with van der Waals surface area (Å²) in [4.78, 5) is 14.3. The lowest BCUT2D eigenvalue weighted by Crippen LogP contribution is -2.37. The summed E-state index contributed by atoms with van der Waals surface area (Å²) >= 11 is 0. The molecule has 0 saturated carbocycles. The average molecular weight is 298 g/mol. The summed E-state index contributed by atoms with van der Waals surface area (Å²) in [5, 5.41) is 2.95. The van der Waals surface area contributed by atoms with Gasteiger partial charge in [0, 0.05) is 5.69 Å². The number of likely N-dealkylation sites (N-methyl/N-ethyl adjacent to an activating group) is 1. The molecular formula is C18H19FN2O. The number of benzene rings is 2. The van der Waals surface area contributed by atoms with Crippen LogP contribution in [0.5, 0.6) is 0 Å². The van der Waals surface area contributed by atoms with Crippen LogP contribution >= 0.6 is 0 Å². The second-order valence-corrected chi connectivity index (χ2v) is 5.72. The van der Waals surface area contributed by atoms with E-state index < -0.39 is 0 Å². The molecule has 3 rings (SSSR count). The van der Waals surface area contributed by atoms with Crippen LogP contribution in [0.4, 0.5) is 10.1 Å². The molecule has 0 aromatic heterocycles. The number of likely N-dealkylation sites (tertiary alicyclic amines) is 1. The fraction of sp³-hybridized carbons (Fsp3) is 0.278. The van der Waals surface area contributed by atoms with Crippen LogP contribution < -0.4 is 5.32 Å². The molecule has 1 heterocycles. The lowest BCUT2D eigenvalue weighted by molar-refractivity contribution is -0.119. The van der Waals surface area contributed by atoms with Gasteiger partial charge >= 0.3 is 0 Å². The van der Waals surface area contributed by atoms with Crippen molar-refractivity contribution in [1.29, 1.82) is 0 Å². The lowest BCUT2D eigenvalue weighted by Gasteiger charge is -2.18. The summed E-state index contributed by atoms with van der Waals surface area (Å²) in [6, 6.07) is 13.9. The second-order valence-electron chi connectivity index (χ2n) is 5.72. The minimum Gasteiger partial charge on any atom is -0.325 e. The van der Waals surface area contributed by atoms with Gasteiger partial charge in [-0.25, -0.2) is 4.39 Å². The molecule has 1 N–H and O–H groups in total. The molecule has 2 aromatic carbocycles. The van der Waals surface area contributed by atoms with E-state index in [-0.39, 0.29) is 17.8 Å². The van der Waals surface area contributed by atoms with Crippen LogP contribution in [-0.4, -0.2) is 30.4 Å². The molecule has 1 saturated heterocycles. The number of hydrogen-bond donors (Lipinski definition) is 1. The van der Waals surface area contributed by atoms with E-state index in [0.29, 0.717) is 0 Å².